The van der Waals surface area contributed by atoms with Crippen molar-refractivity contribution in [2.75, 3.05) is 0 Å². The van der Waals surface area contributed by atoms with Crippen molar-refractivity contribution in [2.45, 2.75) is 20.8 Å². The Morgan fingerprint density at radius 2 is 1.10 bits per heavy atom. The molecule has 108 valence electrons. The van der Waals surface area contributed by atoms with Crippen LogP contribution in [-0.2, 0) is 0 Å². The van der Waals surface area contributed by atoms with Gasteiger partial charge in [-0.25, -0.2) is 0 Å². The zero-order valence-electron chi connectivity index (χ0n) is 13.3. The van der Waals surface area contributed by atoms with Gasteiger partial charge in [0.1, 0.15) is 0 Å². The number of hydrogen-bond acceptors (Lipinski definition) is 0. The third kappa shape index (κ3) is 4.06. The summed E-state index contributed by atoms with van der Waals surface area (Å²) in [4.78, 5) is 0. The molecule has 0 saturated carbocycles. The van der Waals surface area contributed by atoms with Crippen molar-refractivity contribution >= 4 is 16.7 Å². The molecule has 1 rings (SSSR count). The molecular formula is C21H24. The Morgan fingerprint density at radius 3 is 1.48 bits per heavy atom. The average molecular weight is 276 g/mol. The molecule has 0 amide bonds. The molecule has 0 aliphatic carbocycles. The summed E-state index contributed by atoms with van der Waals surface area (Å²) in [5.74, 6) is 0. The number of allylic oxidation sites excluding steroid dienone is 9. The molecule has 0 nitrogen and oxygen atoms in total. The first-order chi connectivity index (χ1) is 10.1. The average Bonchev–Trinajstić information content (AvgIpc) is 2.47. The molecule has 0 aliphatic rings. The van der Waals surface area contributed by atoms with Crippen LogP contribution in [-0.4, -0.2) is 0 Å². The highest BCUT2D eigenvalue weighted by Crippen LogP contribution is 2.32. The second kappa shape index (κ2) is 8.06. The minimum atomic E-state index is 1.20. The van der Waals surface area contributed by atoms with Crippen LogP contribution in [0.5, 0.6) is 0 Å². The van der Waals surface area contributed by atoms with E-state index in [2.05, 4.69) is 58.7 Å². The van der Waals surface area contributed by atoms with Crippen molar-refractivity contribution in [3.63, 3.8) is 0 Å². The molecule has 1 aromatic carbocycles. The standard InChI is InChI=1S/C21H24/c1-7-11-16(4)19-14-10-15-20(17(5)12-8-2)21(19)18(6)13-9-3/h7-15H,1-3H2,4-6H3. The molecule has 0 saturated heterocycles. The molecule has 0 bridgehead atoms. The lowest BCUT2D eigenvalue weighted by molar-refractivity contribution is 1.43. The van der Waals surface area contributed by atoms with Gasteiger partial charge in [-0.1, -0.05) is 74.4 Å². The zero-order valence-corrected chi connectivity index (χ0v) is 13.3. The predicted octanol–water partition coefficient (Wildman–Crippen LogP) is 6.45. The van der Waals surface area contributed by atoms with Crippen LogP contribution in [0.1, 0.15) is 37.5 Å². The lowest BCUT2D eigenvalue weighted by Crippen LogP contribution is -1.96. The van der Waals surface area contributed by atoms with E-state index in [1.807, 2.05) is 36.5 Å². The first-order valence-corrected chi connectivity index (χ1v) is 7.08. The molecule has 0 atom stereocenters. The highest BCUT2D eigenvalue weighted by atomic mass is 14.2. The second-order valence-electron chi connectivity index (χ2n) is 4.98. The maximum absolute atomic E-state index is 3.81. The van der Waals surface area contributed by atoms with Crippen molar-refractivity contribution in [2.24, 2.45) is 0 Å². The summed E-state index contributed by atoms with van der Waals surface area (Å²) in [5, 5.41) is 0. The molecule has 21 heavy (non-hydrogen) atoms. The minimum Gasteiger partial charge on any atom is -0.0991 e. The highest BCUT2D eigenvalue weighted by Gasteiger charge is 2.12. The number of benzene rings is 1. The third-order valence-electron chi connectivity index (χ3n) is 3.41. The fraction of sp³-hybridized carbons (Fsp3) is 0.143. The van der Waals surface area contributed by atoms with Crippen LogP contribution in [0.4, 0.5) is 0 Å². The Hall–Kier alpha value is -2.34. The van der Waals surface area contributed by atoms with Gasteiger partial charge in [-0.2, -0.15) is 0 Å². The van der Waals surface area contributed by atoms with Crippen LogP contribution in [0.25, 0.3) is 16.7 Å². The Labute approximate surface area is 129 Å². The van der Waals surface area contributed by atoms with Gasteiger partial charge in [0.05, 0.1) is 0 Å². The van der Waals surface area contributed by atoms with E-state index in [0.717, 1.165) is 0 Å². The summed E-state index contributed by atoms with van der Waals surface area (Å²) >= 11 is 0. The molecule has 0 radical (unpaired) electrons. The Bertz CT molecular complexity index is 592. The normalized spacial score (nSPS) is 13.0. The van der Waals surface area contributed by atoms with E-state index in [1.165, 1.54) is 33.4 Å². The van der Waals surface area contributed by atoms with Crippen molar-refractivity contribution in [1.29, 1.82) is 0 Å². The van der Waals surface area contributed by atoms with Crippen LogP contribution >= 0.6 is 0 Å². The van der Waals surface area contributed by atoms with Crippen LogP contribution in [0.3, 0.4) is 0 Å². The molecule has 0 aliphatic heterocycles. The smallest absolute Gasteiger partial charge is 0.00768 e. The first kappa shape index (κ1) is 16.7. The van der Waals surface area contributed by atoms with Crippen LogP contribution in [0.15, 0.2) is 74.4 Å². The molecule has 0 fully saturated rings. The molecule has 0 heterocycles. The predicted molar refractivity (Wildman–Crippen MR) is 98.0 cm³/mol. The minimum absolute atomic E-state index is 1.20. The molecular weight excluding hydrogens is 252 g/mol. The van der Waals surface area contributed by atoms with Gasteiger partial charge in [0.2, 0.25) is 0 Å². The summed E-state index contributed by atoms with van der Waals surface area (Å²) in [6.45, 7) is 17.7. The van der Waals surface area contributed by atoms with E-state index in [-0.39, 0.29) is 0 Å². The first-order valence-electron chi connectivity index (χ1n) is 7.08. The van der Waals surface area contributed by atoms with Crippen molar-refractivity contribution in [3.8, 4) is 0 Å². The summed E-state index contributed by atoms with van der Waals surface area (Å²) < 4.78 is 0. The molecule has 0 heteroatoms. The molecule has 0 aromatic heterocycles. The summed E-state index contributed by atoms with van der Waals surface area (Å²) in [5.41, 5.74) is 7.28. The van der Waals surface area contributed by atoms with Crippen LogP contribution < -0.4 is 0 Å². The monoisotopic (exact) mass is 276 g/mol. The van der Waals surface area contributed by atoms with Crippen molar-refractivity contribution in [3.05, 3.63) is 91.1 Å². The molecule has 0 N–H and O–H groups in total. The van der Waals surface area contributed by atoms with E-state index in [9.17, 15) is 0 Å². The third-order valence-corrected chi connectivity index (χ3v) is 3.41. The summed E-state index contributed by atoms with van der Waals surface area (Å²) in [6, 6.07) is 6.39. The second-order valence-corrected chi connectivity index (χ2v) is 4.98. The number of rotatable bonds is 6. The number of hydrogen-bond donors (Lipinski definition) is 0. The Morgan fingerprint density at radius 1 is 0.714 bits per heavy atom. The van der Waals surface area contributed by atoms with E-state index >= 15 is 0 Å². The summed E-state index contributed by atoms with van der Waals surface area (Å²) in [6.07, 6.45) is 11.6. The fourth-order valence-corrected chi connectivity index (χ4v) is 2.43. The highest BCUT2D eigenvalue weighted by molar-refractivity contribution is 5.87. The van der Waals surface area contributed by atoms with Gasteiger partial charge in [-0.3, -0.25) is 0 Å². The van der Waals surface area contributed by atoms with Crippen LogP contribution in [0, 0.1) is 0 Å². The van der Waals surface area contributed by atoms with E-state index in [0.29, 0.717) is 0 Å². The van der Waals surface area contributed by atoms with Gasteiger partial charge < -0.3 is 0 Å². The van der Waals surface area contributed by atoms with E-state index in [1.54, 1.807) is 0 Å². The topological polar surface area (TPSA) is 0 Å². The lowest BCUT2D eigenvalue weighted by Gasteiger charge is -2.16. The summed E-state index contributed by atoms with van der Waals surface area (Å²) in [7, 11) is 0. The van der Waals surface area contributed by atoms with Gasteiger partial charge in [0, 0.05) is 0 Å². The van der Waals surface area contributed by atoms with Gasteiger partial charge in [-0.05, 0) is 54.2 Å². The lowest BCUT2D eigenvalue weighted by atomic mass is 9.88. The maximum atomic E-state index is 3.81. The van der Waals surface area contributed by atoms with Crippen molar-refractivity contribution < 1.29 is 0 Å². The Balaban J connectivity index is 3.71. The van der Waals surface area contributed by atoms with E-state index in [4.69, 9.17) is 0 Å². The SMILES string of the molecule is C=CC=C(C)c1cccc(C(C)=CC=C)c1C(C)=CC=C. The van der Waals surface area contributed by atoms with E-state index < -0.39 is 0 Å². The fourth-order valence-electron chi connectivity index (χ4n) is 2.43. The van der Waals surface area contributed by atoms with Crippen molar-refractivity contribution in [1.82, 2.24) is 0 Å². The van der Waals surface area contributed by atoms with Gasteiger partial charge in [0.25, 0.3) is 0 Å². The van der Waals surface area contributed by atoms with Crippen LogP contribution in [0.2, 0.25) is 0 Å². The molecule has 1 aromatic rings. The Kier molecular flexibility index (Phi) is 6.42. The zero-order chi connectivity index (χ0) is 15.8. The van der Waals surface area contributed by atoms with Gasteiger partial charge >= 0.3 is 0 Å². The van der Waals surface area contributed by atoms with Gasteiger partial charge in [-0.15, -0.1) is 0 Å². The molecule has 0 unspecified atom stereocenters. The largest absolute Gasteiger partial charge is 0.0991 e. The van der Waals surface area contributed by atoms with Gasteiger partial charge in [0.15, 0.2) is 0 Å². The quantitative estimate of drug-likeness (QED) is 0.523. The maximum Gasteiger partial charge on any atom is -0.00768 e. The molecule has 0 spiro atoms.